The molecule has 0 spiro atoms. The molecule has 0 aliphatic carbocycles. The summed E-state index contributed by atoms with van der Waals surface area (Å²) in [7, 11) is -2.13. The number of benzene rings is 2. The molecular formula is C23H27N5O4S2. The van der Waals surface area contributed by atoms with Gasteiger partial charge in [0.2, 0.25) is 21.1 Å². The molecule has 11 heteroatoms. The molecule has 1 fully saturated rings. The lowest BCUT2D eigenvalue weighted by atomic mass is 9.99. The van der Waals surface area contributed by atoms with E-state index < -0.39 is 10.0 Å². The summed E-state index contributed by atoms with van der Waals surface area (Å²) in [5.41, 5.74) is 0.960. The highest BCUT2D eigenvalue weighted by Crippen LogP contribution is 2.25. The number of carbonyl (C=O) groups is 1. The molecule has 1 amide bonds. The topological polar surface area (TPSA) is 117 Å². The number of hydrogen-bond donors (Lipinski definition) is 2. The molecule has 1 saturated heterocycles. The maximum atomic E-state index is 13.0. The van der Waals surface area contributed by atoms with Gasteiger partial charge < -0.3 is 10.1 Å². The van der Waals surface area contributed by atoms with Crippen LogP contribution >= 0.6 is 11.8 Å². The van der Waals surface area contributed by atoms with Crippen LogP contribution in [-0.4, -0.2) is 66.3 Å². The first-order valence-electron chi connectivity index (χ1n) is 11.0. The van der Waals surface area contributed by atoms with E-state index in [1.54, 1.807) is 12.1 Å². The zero-order chi connectivity index (χ0) is 24.0. The third kappa shape index (κ3) is 5.78. The number of thioether (sulfide) groups is 1. The van der Waals surface area contributed by atoms with Gasteiger partial charge in [0, 0.05) is 31.0 Å². The highest BCUT2D eigenvalue weighted by molar-refractivity contribution is 7.99. The molecule has 3 aromatic rings. The number of aromatic nitrogens is 3. The van der Waals surface area contributed by atoms with Gasteiger partial charge in [-0.3, -0.25) is 9.89 Å². The van der Waals surface area contributed by atoms with Crippen molar-refractivity contribution in [1.82, 2.24) is 24.8 Å². The van der Waals surface area contributed by atoms with Crippen molar-refractivity contribution in [3.05, 3.63) is 54.6 Å². The van der Waals surface area contributed by atoms with Crippen molar-refractivity contribution in [2.75, 3.05) is 32.5 Å². The highest BCUT2D eigenvalue weighted by atomic mass is 32.2. The maximum Gasteiger partial charge on any atom is 0.243 e. The zero-order valence-corrected chi connectivity index (χ0v) is 20.4. The standard InChI is InChI=1S/C23H27N5O4S2/c1-32-19-9-11-20(12-10-19)34(30,31)28-14-5-8-18(16-28)22(29)24-13-15-33-23-25-21(26-27-23)17-6-3-2-4-7-17/h2-4,6-7,9-12,18H,5,8,13-16H2,1H3,(H,24,29)(H,25,26,27). The van der Waals surface area contributed by atoms with Crippen molar-refractivity contribution >= 4 is 27.7 Å². The molecule has 2 aromatic carbocycles. The van der Waals surface area contributed by atoms with Gasteiger partial charge in [0.05, 0.1) is 17.9 Å². The fourth-order valence-corrected chi connectivity index (χ4v) is 5.95. The average molecular weight is 502 g/mol. The number of rotatable bonds is 9. The second-order valence-corrected chi connectivity index (χ2v) is 10.8. The van der Waals surface area contributed by atoms with Gasteiger partial charge in [-0.15, -0.1) is 5.10 Å². The Balaban J connectivity index is 1.26. The van der Waals surface area contributed by atoms with E-state index in [0.29, 0.717) is 48.4 Å². The van der Waals surface area contributed by atoms with E-state index in [9.17, 15) is 13.2 Å². The van der Waals surface area contributed by atoms with Crippen LogP contribution in [0, 0.1) is 5.92 Å². The van der Waals surface area contributed by atoms with Crippen molar-refractivity contribution in [3.63, 3.8) is 0 Å². The molecule has 1 aromatic heterocycles. The van der Waals surface area contributed by atoms with Crippen LogP contribution in [-0.2, 0) is 14.8 Å². The number of nitrogens with zero attached hydrogens (tertiary/aromatic N) is 3. The minimum absolute atomic E-state index is 0.129. The summed E-state index contributed by atoms with van der Waals surface area (Å²) in [6.07, 6.45) is 1.30. The molecule has 2 N–H and O–H groups in total. The number of sulfonamides is 1. The van der Waals surface area contributed by atoms with Gasteiger partial charge >= 0.3 is 0 Å². The Labute approximate surface area is 203 Å². The summed E-state index contributed by atoms with van der Waals surface area (Å²) in [5.74, 6) is 1.40. The van der Waals surface area contributed by atoms with Crippen molar-refractivity contribution in [2.24, 2.45) is 5.92 Å². The van der Waals surface area contributed by atoms with Crippen LogP contribution in [0.4, 0.5) is 0 Å². The molecule has 0 saturated carbocycles. The summed E-state index contributed by atoms with van der Waals surface area (Å²) in [6.45, 7) is 1.03. The summed E-state index contributed by atoms with van der Waals surface area (Å²) < 4.78 is 32.5. The first kappa shape index (κ1) is 24.2. The van der Waals surface area contributed by atoms with Crippen LogP contribution in [0.15, 0.2) is 64.6 Å². The zero-order valence-electron chi connectivity index (χ0n) is 18.8. The summed E-state index contributed by atoms with van der Waals surface area (Å²) in [6, 6.07) is 16.0. The normalized spacial score (nSPS) is 16.8. The third-order valence-electron chi connectivity index (χ3n) is 5.60. The number of hydrogen-bond acceptors (Lipinski definition) is 7. The molecule has 1 unspecified atom stereocenters. The van der Waals surface area contributed by atoms with Crippen LogP contribution in [0.3, 0.4) is 0 Å². The van der Waals surface area contributed by atoms with E-state index >= 15 is 0 Å². The minimum atomic E-state index is -3.66. The van der Waals surface area contributed by atoms with Crippen LogP contribution in [0.2, 0.25) is 0 Å². The van der Waals surface area contributed by atoms with E-state index in [1.165, 1.54) is 35.3 Å². The lowest BCUT2D eigenvalue weighted by Crippen LogP contribution is -2.45. The van der Waals surface area contributed by atoms with E-state index in [2.05, 4.69) is 20.5 Å². The fraction of sp³-hybridized carbons (Fsp3) is 0.348. The Morgan fingerprint density at radius 3 is 2.71 bits per heavy atom. The first-order valence-corrected chi connectivity index (χ1v) is 13.4. The second-order valence-electron chi connectivity index (χ2n) is 7.85. The molecule has 0 radical (unpaired) electrons. The Hall–Kier alpha value is -2.89. The number of nitrogens with one attached hydrogen (secondary N) is 2. The average Bonchev–Trinajstić information content (AvgIpc) is 3.36. The summed E-state index contributed by atoms with van der Waals surface area (Å²) >= 11 is 1.44. The van der Waals surface area contributed by atoms with Crippen LogP contribution in [0.5, 0.6) is 5.75 Å². The number of amides is 1. The highest BCUT2D eigenvalue weighted by Gasteiger charge is 2.33. The summed E-state index contributed by atoms with van der Waals surface area (Å²) in [4.78, 5) is 17.4. The number of aromatic amines is 1. The van der Waals surface area contributed by atoms with Gasteiger partial charge in [0.1, 0.15) is 5.75 Å². The lowest BCUT2D eigenvalue weighted by molar-refractivity contribution is -0.125. The molecule has 9 nitrogen and oxygen atoms in total. The monoisotopic (exact) mass is 501 g/mol. The van der Waals surface area contributed by atoms with E-state index in [4.69, 9.17) is 4.74 Å². The fourth-order valence-electron chi connectivity index (χ4n) is 3.77. The van der Waals surface area contributed by atoms with Crippen molar-refractivity contribution in [1.29, 1.82) is 0 Å². The van der Waals surface area contributed by atoms with E-state index in [-0.39, 0.29) is 23.3 Å². The smallest absolute Gasteiger partial charge is 0.243 e. The minimum Gasteiger partial charge on any atom is -0.497 e. The molecule has 1 atom stereocenters. The Bertz CT molecular complexity index is 1200. The number of carbonyl (C=O) groups excluding carboxylic acids is 1. The number of H-pyrrole nitrogens is 1. The SMILES string of the molecule is COc1ccc(S(=O)(=O)N2CCCC(C(=O)NCCSc3n[nH]c(-c4ccccc4)n3)C2)cc1. The van der Waals surface area contributed by atoms with Gasteiger partial charge in [0.15, 0.2) is 5.82 Å². The molecule has 0 bridgehead atoms. The molecule has 34 heavy (non-hydrogen) atoms. The molecule has 1 aliphatic rings. The van der Waals surface area contributed by atoms with Crippen molar-refractivity contribution < 1.29 is 17.9 Å². The van der Waals surface area contributed by atoms with Crippen LogP contribution < -0.4 is 10.1 Å². The van der Waals surface area contributed by atoms with Crippen molar-refractivity contribution in [2.45, 2.75) is 22.9 Å². The molecule has 1 aliphatic heterocycles. The van der Waals surface area contributed by atoms with Gasteiger partial charge in [-0.1, -0.05) is 42.1 Å². The molecule has 180 valence electrons. The van der Waals surface area contributed by atoms with E-state index in [1.807, 2.05) is 30.3 Å². The summed E-state index contributed by atoms with van der Waals surface area (Å²) in [5, 5.41) is 10.7. The largest absolute Gasteiger partial charge is 0.497 e. The Morgan fingerprint density at radius 1 is 1.21 bits per heavy atom. The third-order valence-corrected chi connectivity index (χ3v) is 8.33. The molecule has 4 rings (SSSR count). The van der Waals surface area contributed by atoms with Gasteiger partial charge in [0.25, 0.3) is 0 Å². The Morgan fingerprint density at radius 2 is 1.97 bits per heavy atom. The maximum absolute atomic E-state index is 13.0. The van der Waals surface area contributed by atoms with Crippen LogP contribution in [0.25, 0.3) is 11.4 Å². The second kappa shape index (κ2) is 11.0. The lowest BCUT2D eigenvalue weighted by Gasteiger charge is -2.31. The molecule has 2 heterocycles. The number of piperidine rings is 1. The van der Waals surface area contributed by atoms with Gasteiger partial charge in [-0.2, -0.15) is 4.31 Å². The number of methoxy groups -OCH3 is 1. The number of ether oxygens (including phenoxy) is 1. The Kier molecular flexibility index (Phi) is 7.86. The van der Waals surface area contributed by atoms with Crippen molar-refractivity contribution in [3.8, 4) is 17.1 Å². The first-order chi connectivity index (χ1) is 16.5. The molecular weight excluding hydrogens is 474 g/mol. The predicted molar refractivity (Wildman–Crippen MR) is 130 cm³/mol. The van der Waals surface area contributed by atoms with Gasteiger partial charge in [-0.05, 0) is 37.1 Å². The quantitative estimate of drug-likeness (QED) is 0.342. The van der Waals surface area contributed by atoms with E-state index in [0.717, 1.165) is 5.56 Å². The van der Waals surface area contributed by atoms with Gasteiger partial charge in [-0.25, -0.2) is 13.4 Å². The van der Waals surface area contributed by atoms with Crippen LogP contribution in [0.1, 0.15) is 12.8 Å². The predicted octanol–water partition coefficient (Wildman–Crippen LogP) is 2.79.